The van der Waals surface area contributed by atoms with Gasteiger partial charge < -0.3 is 9.64 Å². The Kier molecular flexibility index (Phi) is 5.20. The molecule has 0 saturated heterocycles. The third-order valence-electron chi connectivity index (χ3n) is 2.58. The molecule has 0 heterocycles. The lowest BCUT2D eigenvalue weighted by Crippen LogP contribution is -2.26. The van der Waals surface area contributed by atoms with Crippen molar-refractivity contribution in [2.75, 3.05) is 20.2 Å². The Balaban J connectivity index is 3.35. The highest BCUT2D eigenvalue weighted by atomic mass is 35.7. The van der Waals surface area contributed by atoms with Gasteiger partial charge >= 0.3 is 0 Å². The van der Waals surface area contributed by atoms with Crippen LogP contribution in [0.4, 0.5) is 0 Å². The number of hydrogen-bond acceptors (Lipinski definition) is 4. The Labute approximate surface area is 117 Å². The minimum atomic E-state index is -3.88. The van der Waals surface area contributed by atoms with Gasteiger partial charge in [0.25, 0.3) is 15.0 Å². The van der Waals surface area contributed by atoms with Crippen LogP contribution in [-0.4, -0.2) is 39.4 Å². The van der Waals surface area contributed by atoms with Crippen LogP contribution in [-0.2, 0) is 9.05 Å². The van der Waals surface area contributed by atoms with Gasteiger partial charge in [0.1, 0.15) is 5.75 Å². The molecular formula is C12H16ClNO4S. The summed E-state index contributed by atoms with van der Waals surface area (Å²) in [5, 5.41) is 0. The van der Waals surface area contributed by atoms with Gasteiger partial charge in [-0.15, -0.1) is 0 Å². The third kappa shape index (κ3) is 3.84. The van der Waals surface area contributed by atoms with Crippen LogP contribution >= 0.6 is 10.7 Å². The van der Waals surface area contributed by atoms with Gasteiger partial charge in [-0.25, -0.2) is 8.42 Å². The predicted octanol–water partition coefficient (Wildman–Crippen LogP) is 2.10. The van der Waals surface area contributed by atoms with Crippen molar-refractivity contribution in [1.82, 2.24) is 4.90 Å². The molecule has 0 spiro atoms. The molecule has 0 unspecified atom stereocenters. The third-order valence-corrected chi connectivity index (χ3v) is 3.94. The quantitative estimate of drug-likeness (QED) is 0.782. The average molecular weight is 306 g/mol. The Morgan fingerprint density at radius 3 is 2.47 bits per heavy atom. The Hall–Kier alpha value is -1.27. The van der Waals surface area contributed by atoms with E-state index in [0.29, 0.717) is 18.9 Å². The van der Waals surface area contributed by atoms with Gasteiger partial charge in [-0.1, -0.05) is 0 Å². The zero-order chi connectivity index (χ0) is 14.6. The molecule has 0 aromatic heterocycles. The maximum absolute atomic E-state index is 12.2. The molecule has 0 saturated carbocycles. The van der Waals surface area contributed by atoms with Crippen molar-refractivity contribution >= 4 is 25.6 Å². The van der Waals surface area contributed by atoms with Crippen molar-refractivity contribution in [1.29, 1.82) is 0 Å². The summed E-state index contributed by atoms with van der Waals surface area (Å²) in [5.74, 6) is 0.0324. The predicted molar refractivity (Wildman–Crippen MR) is 73.3 cm³/mol. The van der Waals surface area contributed by atoms with E-state index >= 15 is 0 Å². The summed E-state index contributed by atoms with van der Waals surface area (Å²) < 4.78 is 28.0. The summed E-state index contributed by atoms with van der Waals surface area (Å²) in [5.41, 5.74) is 0.188. The van der Waals surface area contributed by atoms with Crippen molar-refractivity contribution in [3.8, 4) is 5.75 Å². The molecule has 0 atom stereocenters. The molecular weight excluding hydrogens is 290 g/mol. The zero-order valence-electron chi connectivity index (χ0n) is 11.0. The van der Waals surface area contributed by atoms with E-state index in [1.807, 2.05) is 6.92 Å². The van der Waals surface area contributed by atoms with Gasteiger partial charge in [0, 0.05) is 24.3 Å². The van der Waals surface area contributed by atoms with Gasteiger partial charge in [0.05, 0.1) is 17.1 Å². The Morgan fingerprint density at radius 2 is 2.00 bits per heavy atom. The highest BCUT2D eigenvalue weighted by Gasteiger charge is 2.20. The second kappa shape index (κ2) is 6.25. The van der Waals surface area contributed by atoms with Crippen LogP contribution in [0.25, 0.3) is 0 Å². The molecule has 0 bridgehead atoms. The molecule has 0 aliphatic carbocycles. The first-order chi connectivity index (χ1) is 8.81. The van der Waals surface area contributed by atoms with Crippen LogP contribution in [0.5, 0.6) is 5.75 Å². The molecule has 0 radical (unpaired) electrons. The summed E-state index contributed by atoms with van der Waals surface area (Å²) >= 11 is 0. The largest absolute Gasteiger partial charge is 0.493 e. The van der Waals surface area contributed by atoms with Crippen molar-refractivity contribution in [3.63, 3.8) is 0 Å². The highest BCUT2D eigenvalue weighted by Crippen LogP contribution is 2.25. The van der Waals surface area contributed by atoms with Crippen LogP contribution < -0.4 is 4.74 Å². The lowest BCUT2D eigenvalue weighted by Gasteiger charge is -2.17. The van der Waals surface area contributed by atoms with E-state index in [4.69, 9.17) is 15.4 Å². The molecule has 0 fully saturated rings. The monoisotopic (exact) mass is 305 g/mol. The van der Waals surface area contributed by atoms with Gasteiger partial charge in [0.2, 0.25) is 0 Å². The van der Waals surface area contributed by atoms with Crippen LogP contribution in [0.3, 0.4) is 0 Å². The standard InChI is InChI=1S/C12H16ClNO4S/c1-4-14(3)12(15)10-8-9(19(13,16)17)6-7-11(10)18-5-2/h6-8H,4-5H2,1-3H3. The summed E-state index contributed by atoms with van der Waals surface area (Å²) in [7, 11) is 3.03. The second-order valence-electron chi connectivity index (χ2n) is 3.85. The molecule has 0 N–H and O–H groups in total. The lowest BCUT2D eigenvalue weighted by molar-refractivity contribution is 0.0798. The Morgan fingerprint density at radius 1 is 1.37 bits per heavy atom. The fourth-order valence-electron chi connectivity index (χ4n) is 1.46. The molecule has 1 aromatic carbocycles. The number of rotatable bonds is 5. The smallest absolute Gasteiger partial charge is 0.261 e. The minimum Gasteiger partial charge on any atom is -0.493 e. The molecule has 19 heavy (non-hydrogen) atoms. The van der Waals surface area contributed by atoms with Crippen molar-refractivity contribution in [3.05, 3.63) is 23.8 Å². The molecule has 1 aromatic rings. The van der Waals surface area contributed by atoms with Crippen molar-refractivity contribution < 1.29 is 17.9 Å². The number of carbonyl (C=O) groups excluding carboxylic acids is 1. The summed E-state index contributed by atoms with van der Waals surface area (Å²) in [6.07, 6.45) is 0. The summed E-state index contributed by atoms with van der Waals surface area (Å²) in [6.45, 7) is 4.48. The highest BCUT2D eigenvalue weighted by molar-refractivity contribution is 8.13. The fourth-order valence-corrected chi connectivity index (χ4v) is 2.24. The van der Waals surface area contributed by atoms with Crippen molar-refractivity contribution in [2.45, 2.75) is 18.7 Å². The van der Waals surface area contributed by atoms with Crippen LogP contribution in [0, 0.1) is 0 Å². The first-order valence-electron chi connectivity index (χ1n) is 5.78. The minimum absolute atomic E-state index is 0.120. The molecule has 0 aliphatic heterocycles. The number of carbonyl (C=O) groups is 1. The number of hydrogen-bond donors (Lipinski definition) is 0. The zero-order valence-corrected chi connectivity index (χ0v) is 12.6. The SMILES string of the molecule is CCOc1ccc(S(=O)(=O)Cl)cc1C(=O)N(C)CC. The maximum Gasteiger partial charge on any atom is 0.261 e. The number of benzene rings is 1. The average Bonchev–Trinajstić information content (AvgIpc) is 2.36. The van der Waals surface area contributed by atoms with Gasteiger partial charge in [-0.05, 0) is 32.0 Å². The molecule has 0 aliphatic rings. The van der Waals surface area contributed by atoms with E-state index in [9.17, 15) is 13.2 Å². The van der Waals surface area contributed by atoms with E-state index < -0.39 is 9.05 Å². The van der Waals surface area contributed by atoms with Gasteiger partial charge in [-0.3, -0.25) is 4.79 Å². The Bertz CT molecular complexity index is 571. The fraction of sp³-hybridized carbons (Fsp3) is 0.417. The maximum atomic E-state index is 12.2. The van der Waals surface area contributed by atoms with Crippen LogP contribution in [0.2, 0.25) is 0 Å². The first-order valence-corrected chi connectivity index (χ1v) is 8.09. The topological polar surface area (TPSA) is 63.7 Å². The number of halogens is 1. The number of nitrogens with zero attached hydrogens (tertiary/aromatic N) is 1. The van der Waals surface area contributed by atoms with E-state index in [0.717, 1.165) is 0 Å². The van der Waals surface area contributed by atoms with Gasteiger partial charge in [0.15, 0.2) is 0 Å². The normalized spacial score (nSPS) is 11.2. The first kappa shape index (κ1) is 15.8. The van der Waals surface area contributed by atoms with Crippen LogP contribution in [0.15, 0.2) is 23.1 Å². The van der Waals surface area contributed by atoms with E-state index in [1.54, 1.807) is 14.0 Å². The molecule has 7 heteroatoms. The van der Waals surface area contributed by atoms with E-state index in [2.05, 4.69) is 0 Å². The summed E-state index contributed by atoms with van der Waals surface area (Å²) in [6, 6.07) is 3.99. The molecule has 106 valence electrons. The van der Waals surface area contributed by atoms with Gasteiger partial charge in [-0.2, -0.15) is 0 Å². The van der Waals surface area contributed by atoms with E-state index in [1.165, 1.54) is 23.1 Å². The van der Waals surface area contributed by atoms with Crippen molar-refractivity contribution in [2.24, 2.45) is 0 Å². The van der Waals surface area contributed by atoms with Crippen LogP contribution in [0.1, 0.15) is 24.2 Å². The molecule has 1 amide bonds. The summed E-state index contributed by atoms with van der Waals surface area (Å²) in [4.78, 5) is 13.5. The van der Waals surface area contributed by atoms with E-state index in [-0.39, 0.29) is 16.4 Å². The number of ether oxygens (including phenoxy) is 1. The molecule has 5 nitrogen and oxygen atoms in total. The number of amides is 1. The molecule has 1 rings (SSSR count). The second-order valence-corrected chi connectivity index (χ2v) is 6.41. The lowest BCUT2D eigenvalue weighted by atomic mass is 10.1.